The normalized spacial score (nSPS) is 29.8. The molecule has 18 heavy (non-hydrogen) atoms. The smallest absolute Gasteiger partial charge is 0.0320 e. The minimum atomic E-state index is 1.26. The van der Waals surface area contributed by atoms with Gasteiger partial charge in [0.15, 0.2) is 0 Å². The van der Waals surface area contributed by atoms with Crippen molar-refractivity contribution < 1.29 is 0 Å². The zero-order valence-corrected chi connectivity index (χ0v) is 12.6. The quantitative estimate of drug-likeness (QED) is 0.437. The fourth-order valence-electron chi connectivity index (χ4n) is 2.49. The van der Waals surface area contributed by atoms with E-state index >= 15 is 0 Å². The van der Waals surface area contributed by atoms with Crippen LogP contribution in [-0.2, 0) is 0 Å². The lowest BCUT2D eigenvalue weighted by Crippen LogP contribution is -1.81. The van der Waals surface area contributed by atoms with E-state index in [1.807, 2.05) is 0 Å². The molecule has 1 aliphatic rings. The maximum atomic E-state index is 2.45. The highest BCUT2D eigenvalue weighted by Crippen LogP contribution is 2.16. The second kappa shape index (κ2) is 9.19. The molecule has 0 bridgehead atoms. The van der Waals surface area contributed by atoms with Crippen LogP contribution in [0.5, 0.6) is 0 Å². The Bertz CT molecular complexity index is 263. The zero-order valence-electron chi connectivity index (χ0n) is 12.6. The molecule has 0 amide bonds. The Kier molecular flexibility index (Phi) is 7.80. The lowest BCUT2D eigenvalue weighted by Gasteiger charge is -2.01. The van der Waals surface area contributed by atoms with Crippen molar-refractivity contribution >= 4 is 0 Å². The van der Waals surface area contributed by atoms with E-state index in [-0.39, 0.29) is 0 Å². The lowest BCUT2D eigenvalue weighted by atomic mass is 10.1. The molecule has 0 unspecified atom stereocenters. The van der Waals surface area contributed by atoms with E-state index in [4.69, 9.17) is 0 Å². The van der Waals surface area contributed by atoms with E-state index in [1.54, 1.807) is 16.7 Å². The third kappa shape index (κ3) is 7.53. The number of hydrogen-bond acceptors (Lipinski definition) is 0. The van der Waals surface area contributed by atoms with Crippen molar-refractivity contribution in [1.82, 2.24) is 0 Å². The van der Waals surface area contributed by atoms with Gasteiger partial charge in [0, 0.05) is 0 Å². The summed E-state index contributed by atoms with van der Waals surface area (Å²) < 4.78 is 0. The molecule has 0 spiro atoms. The summed E-state index contributed by atoms with van der Waals surface area (Å²) in [5.74, 6) is 0. The summed E-state index contributed by atoms with van der Waals surface area (Å²) in [6.45, 7) is 6.87. The Labute approximate surface area is 114 Å². The van der Waals surface area contributed by atoms with Crippen LogP contribution >= 0.6 is 0 Å². The third-order valence-electron chi connectivity index (χ3n) is 3.80. The minimum Gasteiger partial charge on any atom is -0.0856 e. The van der Waals surface area contributed by atoms with Gasteiger partial charge in [0.05, 0.1) is 0 Å². The first-order valence-electron chi connectivity index (χ1n) is 7.65. The topological polar surface area (TPSA) is 0 Å². The van der Waals surface area contributed by atoms with Gasteiger partial charge in [-0.2, -0.15) is 0 Å². The predicted molar refractivity (Wildman–Crippen MR) is 82.8 cm³/mol. The summed E-state index contributed by atoms with van der Waals surface area (Å²) >= 11 is 0. The number of rotatable bonds is 0. The number of allylic oxidation sites excluding steroid dienone is 6. The minimum absolute atomic E-state index is 1.26. The first-order chi connectivity index (χ1) is 8.68. The van der Waals surface area contributed by atoms with Gasteiger partial charge in [0.25, 0.3) is 0 Å². The average molecular weight is 246 g/mol. The van der Waals surface area contributed by atoms with E-state index in [0.717, 1.165) is 0 Å². The van der Waals surface area contributed by atoms with Crippen molar-refractivity contribution in [2.75, 3.05) is 0 Å². The maximum absolute atomic E-state index is 2.45. The van der Waals surface area contributed by atoms with Gasteiger partial charge in [-0.25, -0.2) is 0 Å². The average Bonchev–Trinajstić information content (AvgIpc) is 2.35. The summed E-state index contributed by atoms with van der Waals surface area (Å²) in [5.41, 5.74) is 4.74. The van der Waals surface area contributed by atoms with Crippen LogP contribution < -0.4 is 0 Å². The van der Waals surface area contributed by atoms with Gasteiger partial charge in [-0.1, -0.05) is 34.9 Å². The molecule has 1 rings (SSSR count). The molecule has 0 heteroatoms. The highest BCUT2D eigenvalue weighted by molar-refractivity contribution is 5.04. The van der Waals surface area contributed by atoms with Crippen LogP contribution in [0.2, 0.25) is 0 Å². The van der Waals surface area contributed by atoms with Crippen molar-refractivity contribution in [3.05, 3.63) is 34.9 Å². The molecule has 0 radical (unpaired) electrons. The van der Waals surface area contributed by atoms with E-state index in [0.29, 0.717) is 0 Å². The van der Waals surface area contributed by atoms with Crippen molar-refractivity contribution in [3.63, 3.8) is 0 Å². The van der Waals surface area contributed by atoms with Crippen molar-refractivity contribution in [2.45, 2.75) is 78.6 Å². The highest BCUT2D eigenvalue weighted by Gasteiger charge is 1.96. The van der Waals surface area contributed by atoms with Crippen LogP contribution in [0.25, 0.3) is 0 Å². The van der Waals surface area contributed by atoms with Gasteiger partial charge in [0.2, 0.25) is 0 Å². The molecule has 0 aromatic carbocycles. The van der Waals surface area contributed by atoms with E-state index < -0.39 is 0 Å². The Morgan fingerprint density at radius 3 is 1.11 bits per heavy atom. The Morgan fingerprint density at radius 1 is 0.556 bits per heavy atom. The SMILES string of the molecule is C/C1=C/CCC/C(C)=C\CCC/C(C)=C\CCC1. The highest BCUT2D eigenvalue weighted by atomic mass is 14.0. The lowest BCUT2D eigenvalue weighted by molar-refractivity contribution is 0.796. The first-order valence-corrected chi connectivity index (χ1v) is 7.65. The standard InChI is InChI=1S/C18H30/c1-16-10-4-6-12-17(2)14-8-9-15-18(3)13-7-5-11-16/h10,13-14H,4-9,11-12,15H2,1-3H3/b16-10-,17-14-,18-13-. The van der Waals surface area contributed by atoms with Crippen LogP contribution in [0.15, 0.2) is 34.9 Å². The van der Waals surface area contributed by atoms with Gasteiger partial charge in [-0.05, 0) is 78.6 Å². The summed E-state index contributed by atoms with van der Waals surface area (Å²) in [6.07, 6.45) is 18.9. The van der Waals surface area contributed by atoms with Crippen LogP contribution in [0.1, 0.15) is 78.6 Å². The fraction of sp³-hybridized carbons (Fsp3) is 0.667. The summed E-state index contributed by atoms with van der Waals surface area (Å²) in [7, 11) is 0. The molecule has 1 aliphatic carbocycles. The van der Waals surface area contributed by atoms with Gasteiger partial charge in [-0.15, -0.1) is 0 Å². The van der Waals surface area contributed by atoms with Gasteiger partial charge in [0.1, 0.15) is 0 Å². The second-order valence-electron chi connectivity index (χ2n) is 5.83. The molecule has 0 aromatic rings. The summed E-state index contributed by atoms with van der Waals surface area (Å²) in [5, 5.41) is 0. The van der Waals surface area contributed by atoms with Crippen LogP contribution in [0.4, 0.5) is 0 Å². The van der Waals surface area contributed by atoms with Crippen molar-refractivity contribution in [2.24, 2.45) is 0 Å². The molecule has 0 saturated heterocycles. The molecular formula is C18H30. The zero-order chi connectivity index (χ0) is 13.2. The predicted octanol–water partition coefficient (Wildman–Crippen LogP) is 6.35. The van der Waals surface area contributed by atoms with Gasteiger partial charge in [-0.3, -0.25) is 0 Å². The Balaban J connectivity index is 2.52. The van der Waals surface area contributed by atoms with E-state index in [2.05, 4.69) is 39.0 Å². The van der Waals surface area contributed by atoms with Gasteiger partial charge >= 0.3 is 0 Å². The monoisotopic (exact) mass is 246 g/mol. The molecule has 0 nitrogen and oxygen atoms in total. The molecule has 0 atom stereocenters. The maximum Gasteiger partial charge on any atom is -0.0320 e. The third-order valence-corrected chi connectivity index (χ3v) is 3.80. The van der Waals surface area contributed by atoms with Crippen molar-refractivity contribution in [1.29, 1.82) is 0 Å². The molecular weight excluding hydrogens is 216 g/mol. The summed E-state index contributed by atoms with van der Waals surface area (Å²) in [6, 6.07) is 0. The first kappa shape index (κ1) is 15.3. The largest absolute Gasteiger partial charge is 0.0856 e. The summed E-state index contributed by atoms with van der Waals surface area (Å²) in [4.78, 5) is 0. The molecule has 0 aromatic heterocycles. The van der Waals surface area contributed by atoms with Gasteiger partial charge < -0.3 is 0 Å². The molecule has 0 saturated carbocycles. The molecule has 0 N–H and O–H groups in total. The van der Waals surface area contributed by atoms with Crippen LogP contribution in [0, 0.1) is 0 Å². The molecule has 0 fully saturated rings. The molecule has 0 aliphatic heterocycles. The van der Waals surface area contributed by atoms with E-state index in [9.17, 15) is 0 Å². The molecule has 102 valence electrons. The Morgan fingerprint density at radius 2 is 0.833 bits per heavy atom. The number of hydrogen-bond donors (Lipinski definition) is 0. The van der Waals surface area contributed by atoms with Crippen LogP contribution in [0.3, 0.4) is 0 Å². The van der Waals surface area contributed by atoms with E-state index in [1.165, 1.54) is 57.8 Å². The second-order valence-corrected chi connectivity index (χ2v) is 5.83. The Hall–Kier alpha value is -0.780. The molecule has 0 heterocycles. The fourth-order valence-corrected chi connectivity index (χ4v) is 2.49. The van der Waals surface area contributed by atoms with Crippen LogP contribution in [-0.4, -0.2) is 0 Å². The van der Waals surface area contributed by atoms with Crippen molar-refractivity contribution in [3.8, 4) is 0 Å².